The SMILES string of the molecule is CCNC(=NCc1c(OC)cc(OC)cc1OC)NC(C)c1cccc(N2CCCC2)c1. The normalized spacial score (nSPS) is 14.8. The van der Waals surface area contributed by atoms with Crippen LogP contribution in [0.5, 0.6) is 17.2 Å². The number of hydrogen-bond donors (Lipinski definition) is 2. The second-order valence-corrected chi connectivity index (χ2v) is 7.86. The number of rotatable bonds is 9. The molecule has 0 bridgehead atoms. The van der Waals surface area contributed by atoms with Gasteiger partial charge in [-0.15, -0.1) is 0 Å². The van der Waals surface area contributed by atoms with Gasteiger partial charge in [-0.1, -0.05) is 12.1 Å². The average molecular weight is 441 g/mol. The summed E-state index contributed by atoms with van der Waals surface area (Å²) < 4.78 is 16.5. The van der Waals surface area contributed by atoms with Gasteiger partial charge in [0.2, 0.25) is 0 Å². The van der Waals surface area contributed by atoms with Gasteiger partial charge in [0.1, 0.15) is 17.2 Å². The fourth-order valence-corrected chi connectivity index (χ4v) is 3.97. The number of methoxy groups -OCH3 is 3. The Morgan fingerprint density at radius 1 is 1.03 bits per heavy atom. The summed E-state index contributed by atoms with van der Waals surface area (Å²) in [6.45, 7) is 7.67. The highest BCUT2D eigenvalue weighted by Crippen LogP contribution is 2.34. The van der Waals surface area contributed by atoms with Gasteiger partial charge in [0, 0.05) is 37.5 Å². The molecular weight excluding hydrogens is 404 g/mol. The van der Waals surface area contributed by atoms with E-state index in [0.717, 1.165) is 31.2 Å². The number of anilines is 1. The summed E-state index contributed by atoms with van der Waals surface area (Å²) >= 11 is 0. The van der Waals surface area contributed by atoms with Crippen molar-refractivity contribution in [1.82, 2.24) is 10.6 Å². The average Bonchev–Trinajstić information content (AvgIpc) is 3.37. The van der Waals surface area contributed by atoms with Crippen LogP contribution in [0.2, 0.25) is 0 Å². The van der Waals surface area contributed by atoms with Gasteiger partial charge in [-0.05, 0) is 44.4 Å². The van der Waals surface area contributed by atoms with Crippen molar-refractivity contribution in [3.63, 3.8) is 0 Å². The molecule has 1 unspecified atom stereocenters. The van der Waals surface area contributed by atoms with Gasteiger partial charge in [-0.3, -0.25) is 0 Å². The third-order valence-electron chi connectivity index (χ3n) is 5.75. The molecule has 7 nitrogen and oxygen atoms in total. The van der Waals surface area contributed by atoms with Crippen LogP contribution in [0.25, 0.3) is 0 Å². The molecule has 1 saturated heterocycles. The van der Waals surface area contributed by atoms with Crippen molar-refractivity contribution in [1.29, 1.82) is 0 Å². The molecule has 1 atom stereocenters. The number of hydrogen-bond acceptors (Lipinski definition) is 5. The van der Waals surface area contributed by atoms with Crippen molar-refractivity contribution in [3.05, 3.63) is 47.5 Å². The van der Waals surface area contributed by atoms with E-state index < -0.39 is 0 Å². The molecule has 3 rings (SSSR count). The Hall–Kier alpha value is -3.09. The first-order chi connectivity index (χ1) is 15.6. The van der Waals surface area contributed by atoms with Crippen molar-refractivity contribution in [2.24, 2.45) is 4.99 Å². The van der Waals surface area contributed by atoms with Crippen molar-refractivity contribution in [3.8, 4) is 17.2 Å². The molecule has 7 heteroatoms. The van der Waals surface area contributed by atoms with Gasteiger partial charge >= 0.3 is 0 Å². The Kier molecular flexibility index (Phi) is 8.48. The summed E-state index contributed by atoms with van der Waals surface area (Å²) in [6, 6.07) is 12.6. The number of benzene rings is 2. The molecular formula is C25H36N4O3. The molecule has 32 heavy (non-hydrogen) atoms. The van der Waals surface area contributed by atoms with Crippen LogP contribution < -0.4 is 29.7 Å². The largest absolute Gasteiger partial charge is 0.496 e. The lowest BCUT2D eigenvalue weighted by molar-refractivity contribution is 0.369. The first-order valence-electron chi connectivity index (χ1n) is 11.3. The van der Waals surface area contributed by atoms with Crippen LogP contribution in [0.1, 0.15) is 43.9 Å². The number of nitrogens with one attached hydrogen (secondary N) is 2. The molecule has 0 radical (unpaired) electrons. The van der Waals surface area contributed by atoms with Crippen LogP contribution in [0, 0.1) is 0 Å². The molecule has 1 heterocycles. The van der Waals surface area contributed by atoms with E-state index in [4.69, 9.17) is 19.2 Å². The summed E-state index contributed by atoms with van der Waals surface area (Å²) in [6.07, 6.45) is 2.54. The zero-order valence-corrected chi connectivity index (χ0v) is 19.9. The summed E-state index contributed by atoms with van der Waals surface area (Å²) in [5.41, 5.74) is 3.40. The van der Waals surface area contributed by atoms with Gasteiger partial charge in [0.25, 0.3) is 0 Å². The number of nitrogens with zero attached hydrogens (tertiary/aromatic N) is 2. The highest BCUT2D eigenvalue weighted by Gasteiger charge is 2.16. The standard InChI is InChI=1S/C25H36N4O3/c1-6-26-25(27-17-22-23(31-4)15-21(30-3)16-24(22)32-5)28-18(2)19-10-9-11-20(14-19)29-12-7-8-13-29/h9-11,14-16,18H,6-8,12-13,17H2,1-5H3,(H2,26,27,28). The van der Waals surface area contributed by atoms with E-state index in [1.165, 1.54) is 24.1 Å². The number of guanidine groups is 1. The number of aliphatic imine (C=N–C) groups is 1. The van der Waals surface area contributed by atoms with E-state index in [0.29, 0.717) is 23.8 Å². The second kappa shape index (κ2) is 11.5. The lowest BCUT2D eigenvalue weighted by Gasteiger charge is -2.22. The summed E-state index contributed by atoms with van der Waals surface area (Å²) in [7, 11) is 4.90. The maximum absolute atomic E-state index is 5.56. The van der Waals surface area contributed by atoms with Gasteiger partial charge < -0.3 is 29.7 Å². The lowest BCUT2D eigenvalue weighted by atomic mass is 10.1. The Morgan fingerprint density at radius 2 is 1.72 bits per heavy atom. The maximum Gasteiger partial charge on any atom is 0.192 e. The highest BCUT2D eigenvalue weighted by molar-refractivity contribution is 5.80. The van der Waals surface area contributed by atoms with Gasteiger partial charge in [-0.2, -0.15) is 0 Å². The summed E-state index contributed by atoms with van der Waals surface area (Å²) in [5.74, 6) is 2.80. The Balaban J connectivity index is 1.78. The molecule has 1 aliphatic heterocycles. The third-order valence-corrected chi connectivity index (χ3v) is 5.75. The van der Waals surface area contributed by atoms with Crippen LogP contribution in [-0.4, -0.2) is 46.9 Å². The minimum atomic E-state index is 0.106. The monoisotopic (exact) mass is 440 g/mol. The van der Waals surface area contributed by atoms with Crippen molar-refractivity contribution < 1.29 is 14.2 Å². The quantitative estimate of drug-likeness (QED) is 0.451. The van der Waals surface area contributed by atoms with Gasteiger partial charge in [0.15, 0.2) is 5.96 Å². The lowest BCUT2D eigenvalue weighted by Crippen LogP contribution is -2.38. The van der Waals surface area contributed by atoms with E-state index in [2.05, 4.69) is 53.6 Å². The third kappa shape index (κ3) is 5.78. The second-order valence-electron chi connectivity index (χ2n) is 7.86. The van der Waals surface area contributed by atoms with Crippen molar-refractivity contribution in [2.75, 3.05) is 45.9 Å². The van der Waals surface area contributed by atoms with E-state index in [1.807, 2.05) is 12.1 Å². The van der Waals surface area contributed by atoms with E-state index in [9.17, 15) is 0 Å². The predicted octanol–water partition coefficient (Wildman–Crippen LogP) is 4.13. The van der Waals surface area contributed by atoms with Crippen LogP contribution in [0.4, 0.5) is 5.69 Å². The van der Waals surface area contributed by atoms with E-state index in [-0.39, 0.29) is 6.04 Å². The van der Waals surface area contributed by atoms with E-state index >= 15 is 0 Å². The number of ether oxygens (including phenoxy) is 3. The predicted molar refractivity (Wildman–Crippen MR) is 130 cm³/mol. The highest BCUT2D eigenvalue weighted by atomic mass is 16.5. The molecule has 2 aromatic carbocycles. The summed E-state index contributed by atoms with van der Waals surface area (Å²) in [5, 5.41) is 6.88. The molecule has 0 spiro atoms. The summed E-state index contributed by atoms with van der Waals surface area (Å²) in [4.78, 5) is 7.26. The molecule has 0 aliphatic carbocycles. The van der Waals surface area contributed by atoms with Crippen LogP contribution in [-0.2, 0) is 6.54 Å². The fraction of sp³-hybridized carbons (Fsp3) is 0.480. The maximum atomic E-state index is 5.56. The van der Waals surface area contributed by atoms with E-state index in [1.54, 1.807) is 21.3 Å². The Labute approximate surface area is 191 Å². The minimum Gasteiger partial charge on any atom is -0.496 e. The topological polar surface area (TPSA) is 67.4 Å². The molecule has 2 N–H and O–H groups in total. The van der Waals surface area contributed by atoms with Crippen molar-refractivity contribution >= 4 is 11.6 Å². The molecule has 0 saturated carbocycles. The van der Waals surface area contributed by atoms with Gasteiger partial charge in [-0.25, -0.2) is 4.99 Å². The van der Waals surface area contributed by atoms with Crippen LogP contribution in [0.3, 0.4) is 0 Å². The molecule has 174 valence electrons. The van der Waals surface area contributed by atoms with Crippen molar-refractivity contribution in [2.45, 2.75) is 39.3 Å². The Morgan fingerprint density at radius 3 is 2.31 bits per heavy atom. The Bertz CT molecular complexity index is 885. The molecule has 1 aliphatic rings. The minimum absolute atomic E-state index is 0.106. The first-order valence-corrected chi connectivity index (χ1v) is 11.3. The van der Waals surface area contributed by atoms with Gasteiger partial charge in [0.05, 0.1) is 39.5 Å². The molecule has 2 aromatic rings. The molecule has 0 aromatic heterocycles. The van der Waals surface area contributed by atoms with Crippen LogP contribution in [0.15, 0.2) is 41.4 Å². The van der Waals surface area contributed by atoms with Crippen LogP contribution >= 0.6 is 0 Å². The molecule has 1 fully saturated rings. The fourth-order valence-electron chi connectivity index (χ4n) is 3.97. The zero-order valence-electron chi connectivity index (χ0n) is 19.9. The zero-order chi connectivity index (χ0) is 22.9. The first kappa shape index (κ1) is 23.6. The molecule has 0 amide bonds. The smallest absolute Gasteiger partial charge is 0.192 e.